The van der Waals surface area contributed by atoms with Gasteiger partial charge in [0, 0.05) is 0 Å². The van der Waals surface area contributed by atoms with E-state index in [2.05, 4.69) is 6.79 Å². The smallest absolute Gasteiger partial charge is 0.545 e. The quantitative estimate of drug-likeness (QED) is 0.349. The van der Waals surface area contributed by atoms with Crippen LogP contribution in [-0.2, 0) is 21.9 Å². The van der Waals surface area contributed by atoms with Gasteiger partial charge >= 0.3 is 17.1 Å². The Hall–Kier alpha value is 0.189. The molecule has 2 aliphatic rings. The molecule has 2 heteroatoms. The van der Waals surface area contributed by atoms with Crippen LogP contribution < -0.4 is 0 Å². The van der Waals surface area contributed by atoms with Gasteiger partial charge in [0.15, 0.2) is 0 Å². The maximum atomic E-state index is 7.75. The topological polar surface area (TPSA) is 17.1 Å². The predicted molar refractivity (Wildman–Crippen MR) is 52.9 cm³/mol. The molecule has 2 fully saturated rings. The largest absolute Gasteiger partial charge is 3.00 e. The third kappa shape index (κ3) is 12.2. The van der Waals surface area contributed by atoms with Gasteiger partial charge in [-0.15, -0.1) is 0 Å². The van der Waals surface area contributed by atoms with Crippen molar-refractivity contribution in [1.82, 2.24) is 0 Å². The zero-order valence-corrected chi connectivity index (χ0v) is 9.51. The normalized spacial score (nSPS) is 18.8. The van der Waals surface area contributed by atoms with Gasteiger partial charge in [0.05, 0.1) is 0 Å². The second-order valence-corrected chi connectivity index (χ2v) is 3.54. The molecule has 0 heterocycles. The van der Waals surface area contributed by atoms with E-state index in [4.69, 9.17) is 4.79 Å². The monoisotopic (exact) mass is 225 g/mol. The van der Waals surface area contributed by atoms with Gasteiger partial charge in [-0.3, -0.25) is 6.79 Å². The standard InChI is InChI=1S/2C5H10.CHO.Fe/c2*1-2-4-5-3-1;1-2;/h2*1-5H2;1H;/q;;-1;+3. The van der Waals surface area contributed by atoms with Crippen molar-refractivity contribution in [3.63, 3.8) is 0 Å². The van der Waals surface area contributed by atoms with Gasteiger partial charge in [-0.2, -0.15) is 0 Å². The zero-order valence-electron chi connectivity index (χ0n) is 8.41. The molecule has 0 spiro atoms. The van der Waals surface area contributed by atoms with Gasteiger partial charge < -0.3 is 4.79 Å². The van der Waals surface area contributed by atoms with Crippen LogP contribution in [0.3, 0.4) is 0 Å². The van der Waals surface area contributed by atoms with Crippen LogP contribution >= 0.6 is 0 Å². The number of carbonyl (C=O) groups excluding carboxylic acids is 1. The van der Waals surface area contributed by atoms with Crippen molar-refractivity contribution in [2.45, 2.75) is 64.2 Å². The van der Waals surface area contributed by atoms with Gasteiger partial charge in [-0.05, 0) is 0 Å². The van der Waals surface area contributed by atoms with Crippen LogP contribution in [0.1, 0.15) is 64.2 Å². The maximum absolute atomic E-state index is 7.75. The summed E-state index contributed by atoms with van der Waals surface area (Å²) in [5, 5.41) is 0. The molecule has 0 atom stereocenters. The van der Waals surface area contributed by atoms with Crippen LogP contribution in [0.2, 0.25) is 0 Å². The van der Waals surface area contributed by atoms with Crippen molar-refractivity contribution in [2.24, 2.45) is 0 Å². The third-order valence-corrected chi connectivity index (χ3v) is 2.50. The van der Waals surface area contributed by atoms with E-state index in [-0.39, 0.29) is 17.1 Å². The Kier molecular flexibility index (Phi) is 17.7. The number of rotatable bonds is 0. The minimum absolute atomic E-state index is 0. The molecule has 2 rings (SSSR count). The number of hydrogen-bond acceptors (Lipinski definition) is 1. The minimum atomic E-state index is 0. The van der Waals surface area contributed by atoms with Gasteiger partial charge in [0.25, 0.3) is 0 Å². The summed E-state index contributed by atoms with van der Waals surface area (Å²) in [7, 11) is 0. The van der Waals surface area contributed by atoms with Crippen LogP contribution in [-0.4, -0.2) is 6.79 Å². The summed E-state index contributed by atoms with van der Waals surface area (Å²) in [5.74, 6) is 0. The number of hydrogen-bond donors (Lipinski definition) is 0. The molecule has 1 nitrogen and oxygen atoms in total. The van der Waals surface area contributed by atoms with E-state index in [0.29, 0.717) is 0 Å². The molecule has 0 aliphatic heterocycles. The Labute approximate surface area is 93.1 Å². The Morgan fingerprint density at radius 1 is 0.462 bits per heavy atom. The Balaban J connectivity index is 0. The van der Waals surface area contributed by atoms with E-state index >= 15 is 0 Å². The molecule has 77 valence electrons. The summed E-state index contributed by atoms with van der Waals surface area (Å²) in [5.41, 5.74) is 0. The fourth-order valence-electron chi connectivity index (χ4n) is 1.77. The van der Waals surface area contributed by atoms with Gasteiger partial charge in [-0.25, -0.2) is 0 Å². The molecule has 2 aliphatic carbocycles. The summed E-state index contributed by atoms with van der Waals surface area (Å²) in [4.78, 5) is 7.75. The summed E-state index contributed by atoms with van der Waals surface area (Å²) in [6.07, 6.45) is 15.0. The minimum Gasteiger partial charge on any atom is -0.545 e. The van der Waals surface area contributed by atoms with Crippen LogP contribution in [0.4, 0.5) is 0 Å². The van der Waals surface area contributed by atoms with E-state index in [9.17, 15) is 0 Å². The van der Waals surface area contributed by atoms with Crippen molar-refractivity contribution >= 4 is 6.79 Å². The zero-order chi connectivity index (χ0) is 9.07. The predicted octanol–water partition coefficient (Wildman–Crippen LogP) is 3.62. The summed E-state index contributed by atoms with van der Waals surface area (Å²) in [6, 6.07) is 0. The van der Waals surface area contributed by atoms with Gasteiger partial charge in [0.1, 0.15) is 0 Å². The first-order chi connectivity index (χ1) is 6.00. The average molecular weight is 225 g/mol. The summed E-state index contributed by atoms with van der Waals surface area (Å²) >= 11 is 0. The van der Waals surface area contributed by atoms with E-state index in [0.717, 1.165) is 0 Å². The molecule has 0 aromatic rings. The second-order valence-electron chi connectivity index (χ2n) is 3.54. The molecular weight excluding hydrogens is 204 g/mol. The van der Waals surface area contributed by atoms with Crippen molar-refractivity contribution in [1.29, 1.82) is 0 Å². The van der Waals surface area contributed by atoms with Crippen molar-refractivity contribution in [2.75, 3.05) is 0 Å². The van der Waals surface area contributed by atoms with E-state index in [1.165, 1.54) is 64.2 Å². The third-order valence-electron chi connectivity index (χ3n) is 2.50. The van der Waals surface area contributed by atoms with E-state index < -0.39 is 0 Å². The van der Waals surface area contributed by atoms with Crippen LogP contribution in [0.15, 0.2) is 0 Å². The van der Waals surface area contributed by atoms with E-state index in [1.54, 1.807) is 0 Å². The first-order valence-electron chi connectivity index (χ1n) is 5.24. The first-order valence-corrected chi connectivity index (χ1v) is 5.24. The SMILES string of the molecule is C1CCCC1.C1CCCC1.[CH-]=O.[Fe+3]. The molecule has 1 radical (unpaired) electrons. The maximum Gasteiger partial charge on any atom is 3.00 e. The molecule has 0 saturated heterocycles. The molecule has 0 bridgehead atoms. The van der Waals surface area contributed by atoms with Crippen LogP contribution in [0.5, 0.6) is 0 Å². The average Bonchev–Trinajstić information content (AvgIpc) is 2.87. The van der Waals surface area contributed by atoms with Crippen molar-refractivity contribution in [3.05, 3.63) is 0 Å². The summed E-state index contributed by atoms with van der Waals surface area (Å²) in [6.45, 7) is 3.25. The van der Waals surface area contributed by atoms with Crippen molar-refractivity contribution in [3.8, 4) is 0 Å². The molecule has 0 amide bonds. The molecule has 0 aromatic carbocycles. The first kappa shape index (κ1) is 15.7. The van der Waals surface area contributed by atoms with Crippen LogP contribution in [0.25, 0.3) is 0 Å². The fraction of sp³-hybridized carbons (Fsp3) is 0.909. The second kappa shape index (κ2) is 14.7. The van der Waals surface area contributed by atoms with Gasteiger partial charge in [0.2, 0.25) is 0 Å². The molecular formula is C11H21FeO+2. The Morgan fingerprint density at radius 3 is 0.615 bits per heavy atom. The van der Waals surface area contributed by atoms with E-state index in [1.807, 2.05) is 0 Å². The molecule has 0 N–H and O–H groups in total. The molecule has 2 saturated carbocycles. The van der Waals surface area contributed by atoms with Crippen LogP contribution in [0, 0.1) is 0 Å². The Bertz CT molecular complexity index is 52.9. The summed E-state index contributed by atoms with van der Waals surface area (Å²) < 4.78 is 0. The Morgan fingerprint density at radius 2 is 0.538 bits per heavy atom. The fourth-order valence-corrected chi connectivity index (χ4v) is 1.77. The van der Waals surface area contributed by atoms with Gasteiger partial charge in [-0.1, -0.05) is 64.2 Å². The molecule has 0 aromatic heterocycles. The van der Waals surface area contributed by atoms with Crippen molar-refractivity contribution < 1.29 is 21.9 Å². The molecule has 13 heavy (non-hydrogen) atoms. The molecule has 0 unspecified atom stereocenters.